The number of methoxy groups -OCH3 is 1. The molecule has 3 rings (SSSR count). The van der Waals surface area contributed by atoms with Crippen LogP contribution in [0.15, 0.2) is 23.1 Å². The molecule has 0 unspecified atom stereocenters. The van der Waals surface area contributed by atoms with Crippen molar-refractivity contribution in [2.24, 2.45) is 0 Å². The van der Waals surface area contributed by atoms with Crippen molar-refractivity contribution in [3.05, 3.63) is 28.7 Å². The van der Waals surface area contributed by atoms with E-state index >= 15 is 0 Å². The van der Waals surface area contributed by atoms with Gasteiger partial charge >= 0.3 is 0 Å². The van der Waals surface area contributed by atoms with E-state index in [1.54, 1.807) is 12.1 Å². The third-order valence-corrected chi connectivity index (χ3v) is 5.57. The maximum absolute atomic E-state index is 12.8. The van der Waals surface area contributed by atoms with E-state index in [4.69, 9.17) is 26.4 Å². The average Bonchev–Trinajstić information content (AvgIpc) is 2.96. The number of hydrogen-bond acceptors (Lipinski definition) is 7. The molecule has 0 N–H and O–H groups in total. The Morgan fingerprint density at radius 2 is 2.07 bits per heavy atom. The molecule has 2 heterocycles. The van der Waals surface area contributed by atoms with Crippen LogP contribution in [0.5, 0.6) is 11.5 Å². The molecule has 27 heavy (non-hydrogen) atoms. The summed E-state index contributed by atoms with van der Waals surface area (Å²) in [5, 5.41) is 3.54. The van der Waals surface area contributed by atoms with Crippen LogP contribution >= 0.6 is 24.0 Å². The van der Waals surface area contributed by atoms with Gasteiger partial charge in [0.15, 0.2) is 15.8 Å². The van der Waals surface area contributed by atoms with Gasteiger partial charge in [-0.1, -0.05) is 43.4 Å². The third-order valence-electron chi connectivity index (χ3n) is 4.28. The van der Waals surface area contributed by atoms with Gasteiger partial charge in [0.1, 0.15) is 0 Å². The summed E-state index contributed by atoms with van der Waals surface area (Å²) >= 11 is 6.74. The SMILES string of the molecule is CCCCOc1ccc(C=C2SC(=S)N(N3CCOCC3)C2=O)cc1OC. The molecule has 0 radical (unpaired) electrons. The summed E-state index contributed by atoms with van der Waals surface area (Å²) in [6, 6.07) is 5.68. The largest absolute Gasteiger partial charge is 0.493 e. The molecule has 0 spiro atoms. The van der Waals surface area contributed by atoms with Crippen molar-refractivity contribution in [3.63, 3.8) is 0 Å². The fourth-order valence-corrected chi connectivity index (χ4v) is 4.14. The standard InChI is InChI=1S/C19H24N2O4S2/c1-3-4-9-25-15-6-5-14(12-16(15)23-2)13-17-18(22)21(19(26)27-17)20-7-10-24-11-8-20/h5-6,12-13H,3-4,7-11H2,1-2H3. The normalized spacial score (nSPS) is 19.8. The molecule has 2 fully saturated rings. The maximum Gasteiger partial charge on any atom is 0.280 e. The van der Waals surface area contributed by atoms with Crippen LogP contribution in [0.4, 0.5) is 0 Å². The fourth-order valence-electron chi connectivity index (χ4n) is 2.83. The molecule has 8 heteroatoms. The molecule has 0 aromatic heterocycles. The first-order chi connectivity index (χ1) is 13.1. The van der Waals surface area contributed by atoms with Crippen LogP contribution in [0, 0.1) is 0 Å². The molecule has 1 aromatic rings. The number of carbonyl (C=O) groups excluding carboxylic acids is 1. The highest BCUT2D eigenvalue weighted by atomic mass is 32.2. The summed E-state index contributed by atoms with van der Waals surface area (Å²) in [7, 11) is 1.61. The second-order valence-electron chi connectivity index (χ2n) is 6.17. The molecule has 0 atom stereocenters. The van der Waals surface area contributed by atoms with Gasteiger partial charge in [-0.25, -0.2) is 10.0 Å². The second kappa shape index (κ2) is 9.54. The van der Waals surface area contributed by atoms with Crippen LogP contribution in [0.2, 0.25) is 0 Å². The van der Waals surface area contributed by atoms with Crippen molar-refractivity contribution in [2.45, 2.75) is 19.8 Å². The lowest BCUT2D eigenvalue weighted by Crippen LogP contribution is -2.50. The Morgan fingerprint density at radius 1 is 1.30 bits per heavy atom. The number of hydrazine groups is 1. The Morgan fingerprint density at radius 3 is 2.78 bits per heavy atom. The van der Waals surface area contributed by atoms with Gasteiger partial charge in [-0.05, 0) is 30.2 Å². The Balaban J connectivity index is 1.75. The van der Waals surface area contributed by atoms with Gasteiger partial charge in [0.05, 0.1) is 31.8 Å². The van der Waals surface area contributed by atoms with Gasteiger partial charge in [0, 0.05) is 13.1 Å². The smallest absolute Gasteiger partial charge is 0.280 e. The molecule has 6 nitrogen and oxygen atoms in total. The monoisotopic (exact) mass is 408 g/mol. The Bertz CT molecular complexity index is 732. The number of thiocarbonyl (C=S) groups is 1. The van der Waals surface area contributed by atoms with Gasteiger partial charge in [-0.3, -0.25) is 4.79 Å². The van der Waals surface area contributed by atoms with Gasteiger partial charge in [0.2, 0.25) is 0 Å². The quantitative estimate of drug-likeness (QED) is 0.390. The lowest BCUT2D eigenvalue weighted by Gasteiger charge is -2.33. The summed E-state index contributed by atoms with van der Waals surface area (Å²) in [5.74, 6) is 1.28. The zero-order valence-corrected chi connectivity index (χ0v) is 17.2. The van der Waals surface area contributed by atoms with Crippen LogP contribution in [0.25, 0.3) is 6.08 Å². The van der Waals surface area contributed by atoms with Crippen LogP contribution in [0.1, 0.15) is 25.3 Å². The highest BCUT2D eigenvalue weighted by molar-refractivity contribution is 8.26. The Kier molecular flexibility index (Phi) is 7.12. The predicted octanol–water partition coefficient (Wildman–Crippen LogP) is 3.32. The molecule has 0 aliphatic carbocycles. The number of unbranched alkanes of at least 4 members (excludes halogenated alkanes) is 1. The average molecular weight is 409 g/mol. The molecular formula is C19H24N2O4S2. The maximum atomic E-state index is 12.8. The Hall–Kier alpha value is -1.61. The number of amides is 1. The van der Waals surface area contributed by atoms with E-state index in [0.717, 1.165) is 18.4 Å². The lowest BCUT2D eigenvalue weighted by atomic mass is 10.2. The van der Waals surface area contributed by atoms with E-state index in [0.29, 0.717) is 53.6 Å². The number of nitrogens with zero attached hydrogens (tertiary/aromatic N) is 2. The van der Waals surface area contributed by atoms with Crippen molar-refractivity contribution >= 4 is 40.3 Å². The van der Waals surface area contributed by atoms with Crippen molar-refractivity contribution < 1.29 is 19.0 Å². The highest BCUT2D eigenvalue weighted by Crippen LogP contribution is 2.35. The van der Waals surface area contributed by atoms with E-state index in [2.05, 4.69) is 6.92 Å². The first-order valence-corrected chi connectivity index (χ1v) is 10.3. The summed E-state index contributed by atoms with van der Waals surface area (Å²) in [5.41, 5.74) is 0.872. The zero-order chi connectivity index (χ0) is 19.2. The van der Waals surface area contributed by atoms with Gasteiger partial charge < -0.3 is 14.2 Å². The molecule has 1 amide bonds. The molecule has 1 aromatic carbocycles. The minimum absolute atomic E-state index is 0.0888. The topological polar surface area (TPSA) is 51.2 Å². The number of rotatable bonds is 7. The molecule has 2 saturated heterocycles. The molecule has 2 aliphatic heterocycles. The van der Waals surface area contributed by atoms with Gasteiger partial charge in [-0.2, -0.15) is 0 Å². The van der Waals surface area contributed by atoms with Crippen molar-refractivity contribution in [1.82, 2.24) is 10.0 Å². The van der Waals surface area contributed by atoms with Gasteiger partial charge in [0.25, 0.3) is 5.91 Å². The zero-order valence-electron chi connectivity index (χ0n) is 15.6. The van der Waals surface area contributed by atoms with Crippen molar-refractivity contribution in [3.8, 4) is 11.5 Å². The summed E-state index contributed by atoms with van der Waals surface area (Å²) < 4.78 is 17.1. The minimum Gasteiger partial charge on any atom is -0.493 e. The van der Waals surface area contributed by atoms with Crippen LogP contribution in [0.3, 0.4) is 0 Å². The summed E-state index contributed by atoms with van der Waals surface area (Å²) in [4.78, 5) is 13.4. The number of morpholine rings is 1. The van der Waals surface area contributed by atoms with Crippen LogP contribution in [-0.4, -0.2) is 60.3 Å². The second-order valence-corrected chi connectivity index (χ2v) is 7.85. The first-order valence-electron chi connectivity index (χ1n) is 9.05. The predicted molar refractivity (Wildman–Crippen MR) is 111 cm³/mol. The summed E-state index contributed by atoms with van der Waals surface area (Å²) in [6.45, 7) is 5.31. The highest BCUT2D eigenvalue weighted by Gasteiger charge is 2.36. The Labute approximate surface area is 169 Å². The number of ether oxygens (including phenoxy) is 3. The van der Waals surface area contributed by atoms with Gasteiger partial charge in [-0.15, -0.1) is 0 Å². The van der Waals surface area contributed by atoms with E-state index in [1.807, 2.05) is 29.3 Å². The number of hydrogen-bond donors (Lipinski definition) is 0. The lowest BCUT2D eigenvalue weighted by molar-refractivity contribution is -0.138. The number of carbonyl (C=O) groups is 1. The number of benzene rings is 1. The fraction of sp³-hybridized carbons (Fsp3) is 0.474. The molecule has 2 aliphatic rings. The van der Waals surface area contributed by atoms with E-state index in [1.165, 1.54) is 11.8 Å². The van der Waals surface area contributed by atoms with Crippen LogP contribution in [-0.2, 0) is 9.53 Å². The van der Waals surface area contributed by atoms with Crippen molar-refractivity contribution in [1.29, 1.82) is 0 Å². The van der Waals surface area contributed by atoms with E-state index < -0.39 is 0 Å². The van der Waals surface area contributed by atoms with Crippen LogP contribution < -0.4 is 9.47 Å². The molecule has 0 bridgehead atoms. The molecule has 0 saturated carbocycles. The molecular weight excluding hydrogens is 384 g/mol. The summed E-state index contributed by atoms with van der Waals surface area (Å²) in [6.07, 6.45) is 3.92. The molecule has 146 valence electrons. The third kappa shape index (κ3) is 4.82. The first kappa shape index (κ1) is 20.1. The van der Waals surface area contributed by atoms with Crippen molar-refractivity contribution in [2.75, 3.05) is 40.0 Å². The van der Waals surface area contributed by atoms with E-state index in [9.17, 15) is 4.79 Å². The minimum atomic E-state index is -0.0888. The number of thioether (sulfide) groups is 1. The van der Waals surface area contributed by atoms with E-state index in [-0.39, 0.29) is 5.91 Å².